The van der Waals surface area contributed by atoms with E-state index in [2.05, 4.69) is 6.07 Å². The molecule has 1 heterocycles. The molecule has 0 saturated heterocycles. The minimum Gasteiger partial charge on any atom is -0.466 e. The van der Waals surface area contributed by atoms with Crippen molar-refractivity contribution < 1.29 is 27.5 Å². The Kier molecular flexibility index (Phi) is 8.45. The molecule has 0 aliphatic carbocycles. The fourth-order valence-corrected chi connectivity index (χ4v) is 6.48. The molecule has 1 aliphatic heterocycles. The van der Waals surface area contributed by atoms with Crippen LogP contribution in [-0.2, 0) is 29.1 Å². The molecule has 1 aliphatic rings. The summed E-state index contributed by atoms with van der Waals surface area (Å²) in [5.74, 6) is -3.21. The molecule has 41 heavy (non-hydrogen) atoms. The van der Waals surface area contributed by atoms with Crippen molar-refractivity contribution >= 4 is 33.3 Å². The van der Waals surface area contributed by atoms with E-state index >= 15 is 0 Å². The molecule has 0 radical (unpaired) electrons. The molecule has 10 nitrogen and oxygen atoms in total. The Hall–Kier alpha value is -5.08. The van der Waals surface area contributed by atoms with Crippen LogP contribution >= 0.6 is 0 Å². The van der Waals surface area contributed by atoms with Gasteiger partial charge in [0, 0.05) is 6.54 Å². The van der Waals surface area contributed by atoms with Crippen molar-refractivity contribution in [3.63, 3.8) is 0 Å². The summed E-state index contributed by atoms with van der Waals surface area (Å²) < 4.78 is 39.6. The van der Waals surface area contributed by atoms with Crippen LogP contribution in [-0.4, -0.2) is 41.1 Å². The lowest BCUT2D eigenvalue weighted by Gasteiger charge is -2.37. The van der Waals surface area contributed by atoms with Gasteiger partial charge in [-0.1, -0.05) is 60.7 Å². The number of esters is 2. The molecule has 1 unspecified atom stereocenters. The van der Waals surface area contributed by atoms with E-state index in [4.69, 9.17) is 15.2 Å². The van der Waals surface area contributed by atoms with Gasteiger partial charge in [-0.3, -0.25) is 9.21 Å². The first-order chi connectivity index (χ1) is 19.7. The third-order valence-electron chi connectivity index (χ3n) is 6.62. The van der Waals surface area contributed by atoms with Crippen LogP contribution in [0.1, 0.15) is 18.4 Å². The van der Waals surface area contributed by atoms with Crippen molar-refractivity contribution in [3.05, 3.63) is 113 Å². The monoisotopic (exact) mass is 572 g/mol. The number of nitrogens with zero attached hydrogens (tertiary/aromatic N) is 3. The maximum Gasteiger partial charge on any atom is 0.355 e. The molecule has 0 saturated carbocycles. The Morgan fingerprint density at radius 3 is 2.05 bits per heavy atom. The molecule has 2 N–H and O–H groups in total. The van der Waals surface area contributed by atoms with E-state index in [-0.39, 0.29) is 39.8 Å². The van der Waals surface area contributed by atoms with Crippen molar-refractivity contribution in [1.29, 1.82) is 5.26 Å². The number of hydrogen-bond acceptors (Lipinski definition) is 9. The van der Waals surface area contributed by atoms with Crippen molar-refractivity contribution in [1.82, 2.24) is 0 Å². The maximum atomic E-state index is 14.1. The fraction of sp³-hybridized carbons (Fsp3) is 0.167. The van der Waals surface area contributed by atoms with Crippen molar-refractivity contribution in [2.24, 2.45) is 5.73 Å². The largest absolute Gasteiger partial charge is 0.466 e. The second-order valence-electron chi connectivity index (χ2n) is 8.81. The van der Waals surface area contributed by atoms with Crippen molar-refractivity contribution in [2.75, 3.05) is 30.0 Å². The third kappa shape index (κ3) is 5.13. The molecular weight excluding hydrogens is 544 g/mol. The number of hydrogen-bond donors (Lipinski definition) is 1. The number of methoxy groups -OCH3 is 2. The summed E-state index contributed by atoms with van der Waals surface area (Å²) in [5, 5.41) is 10.3. The second-order valence-corrected chi connectivity index (χ2v) is 10.6. The number of benzene rings is 3. The zero-order valence-corrected chi connectivity index (χ0v) is 23.5. The molecule has 0 bridgehead atoms. The number of nitriles is 1. The number of anilines is 2. The van der Waals surface area contributed by atoms with E-state index in [1.807, 2.05) is 0 Å². The minimum absolute atomic E-state index is 0.0551. The summed E-state index contributed by atoms with van der Waals surface area (Å²) in [4.78, 5) is 27.6. The molecule has 1 atom stereocenters. The molecule has 0 amide bonds. The molecule has 3 aromatic rings. The fourth-order valence-electron chi connectivity index (χ4n) is 4.83. The van der Waals surface area contributed by atoms with E-state index in [1.54, 1.807) is 73.7 Å². The normalized spacial score (nSPS) is 15.3. The van der Waals surface area contributed by atoms with Crippen LogP contribution in [0.2, 0.25) is 0 Å². The number of nitrogens with two attached hydrogens (primary N) is 1. The Morgan fingerprint density at radius 2 is 1.49 bits per heavy atom. The first-order valence-electron chi connectivity index (χ1n) is 12.5. The van der Waals surface area contributed by atoms with Crippen molar-refractivity contribution in [2.45, 2.75) is 17.7 Å². The van der Waals surface area contributed by atoms with Crippen LogP contribution in [0.4, 0.5) is 11.4 Å². The first kappa shape index (κ1) is 28.9. The van der Waals surface area contributed by atoms with Crippen LogP contribution in [0.25, 0.3) is 0 Å². The summed E-state index contributed by atoms with van der Waals surface area (Å²) in [6.07, 6.45) is 0. The number of allylic oxidation sites excluding steroid dienone is 1. The van der Waals surface area contributed by atoms with Gasteiger partial charge in [-0.05, 0) is 36.8 Å². The molecule has 0 spiro atoms. The standard InChI is InChI=1S/C30H28N4O6S/c1-4-33(21-15-9-6-10-16-21)41(37,38)24-18-12-11-17-23(24)34-27(30(36)40-3)26(29(35)39-2)25(22(19-31)28(34)32)20-13-7-5-8-14-20/h5-18,25H,4,32H2,1-3H3. The quantitative estimate of drug-likeness (QED) is 0.399. The van der Waals surface area contributed by atoms with Gasteiger partial charge in [-0.25, -0.2) is 18.0 Å². The van der Waals surface area contributed by atoms with Crippen LogP contribution in [0.15, 0.2) is 112 Å². The molecule has 3 aromatic carbocycles. The average molecular weight is 573 g/mol. The first-order valence-corrected chi connectivity index (χ1v) is 14.0. The third-order valence-corrected chi connectivity index (χ3v) is 8.57. The average Bonchev–Trinajstić information content (AvgIpc) is 3.00. The van der Waals surface area contributed by atoms with Gasteiger partial charge in [0.05, 0.1) is 48.7 Å². The Labute approximate surface area is 238 Å². The lowest BCUT2D eigenvalue weighted by Crippen LogP contribution is -2.42. The van der Waals surface area contributed by atoms with E-state index in [1.165, 1.54) is 22.5 Å². The van der Waals surface area contributed by atoms with Gasteiger partial charge in [0.15, 0.2) is 0 Å². The number of para-hydroxylation sites is 2. The predicted octanol–water partition coefficient (Wildman–Crippen LogP) is 3.80. The van der Waals surface area contributed by atoms with Crippen LogP contribution in [0, 0.1) is 11.3 Å². The Balaban J connectivity index is 2.07. The Morgan fingerprint density at radius 1 is 0.927 bits per heavy atom. The number of carbonyl (C=O) groups excluding carboxylic acids is 2. The highest BCUT2D eigenvalue weighted by Crippen LogP contribution is 2.45. The Bertz CT molecular complexity index is 1680. The maximum absolute atomic E-state index is 14.1. The highest BCUT2D eigenvalue weighted by atomic mass is 32.2. The summed E-state index contributed by atoms with van der Waals surface area (Å²) >= 11 is 0. The zero-order chi connectivity index (χ0) is 29.7. The van der Waals surface area contributed by atoms with Gasteiger partial charge in [0.2, 0.25) is 0 Å². The summed E-state index contributed by atoms with van der Waals surface area (Å²) in [5.41, 5.74) is 6.79. The number of rotatable bonds is 8. The van der Waals surface area contributed by atoms with Gasteiger partial charge in [-0.2, -0.15) is 5.26 Å². The topological polar surface area (TPSA) is 143 Å². The molecule has 0 aromatic heterocycles. The minimum atomic E-state index is -4.26. The molecule has 11 heteroatoms. The molecular formula is C30H28N4O6S. The van der Waals surface area contributed by atoms with Crippen LogP contribution < -0.4 is 14.9 Å². The highest BCUT2D eigenvalue weighted by Gasteiger charge is 2.44. The van der Waals surface area contributed by atoms with Gasteiger partial charge in [0.25, 0.3) is 10.0 Å². The second kappa shape index (κ2) is 12.0. The number of ether oxygens (including phenoxy) is 2. The van der Waals surface area contributed by atoms with Gasteiger partial charge >= 0.3 is 11.9 Å². The highest BCUT2D eigenvalue weighted by molar-refractivity contribution is 7.93. The van der Waals surface area contributed by atoms with Crippen molar-refractivity contribution in [3.8, 4) is 6.07 Å². The van der Waals surface area contributed by atoms with E-state index in [9.17, 15) is 23.3 Å². The molecule has 4 rings (SSSR count). The lowest BCUT2D eigenvalue weighted by atomic mass is 9.81. The van der Waals surface area contributed by atoms with Gasteiger partial charge in [-0.15, -0.1) is 0 Å². The molecule has 210 valence electrons. The van der Waals surface area contributed by atoms with E-state index in [0.29, 0.717) is 11.3 Å². The van der Waals surface area contributed by atoms with Crippen LogP contribution in [0.5, 0.6) is 0 Å². The number of carbonyl (C=O) groups is 2. The molecule has 0 fully saturated rings. The van der Waals surface area contributed by atoms with E-state index in [0.717, 1.165) is 19.1 Å². The van der Waals surface area contributed by atoms with E-state index < -0.39 is 27.9 Å². The lowest BCUT2D eigenvalue weighted by molar-refractivity contribution is -0.139. The summed E-state index contributed by atoms with van der Waals surface area (Å²) in [6.45, 7) is 1.79. The predicted molar refractivity (Wildman–Crippen MR) is 153 cm³/mol. The van der Waals surface area contributed by atoms with Gasteiger partial charge in [0.1, 0.15) is 16.4 Å². The number of sulfonamides is 1. The van der Waals surface area contributed by atoms with Gasteiger partial charge < -0.3 is 15.2 Å². The zero-order valence-electron chi connectivity index (χ0n) is 22.6. The SMILES string of the molecule is CCN(c1ccccc1)S(=O)(=O)c1ccccc1N1C(N)=C(C#N)C(c2ccccc2)C(C(=O)OC)=C1C(=O)OC. The smallest absolute Gasteiger partial charge is 0.355 e. The summed E-state index contributed by atoms with van der Waals surface area (Å²) in [6, 6.07) is 25.0. The van der Waals surface area contributed by atoms with Crippen LogP contribution in [0.3, 0.4) is 0 Å². The summed E-state index contributed by atoms with van der Waals surface area (Å²) in [7, 11) is -1.99.